The van der Waals surface area contributed by atoms with Crippen LogP contribution < -0.4 is 10.6 Å². The monoisotopic (exact) mass is 355 g/mol. The van der Waals surface area contributed by atoms with E-state index in [1.807, 2.05) is 0 Å². The maximum Gasteiger partial charge on any atom is 0.221 e. The van der Waals surface area contributed by atoms with Gasteiger partial charge in [-0.3, -0.25) is 9.69 Å². The number of likely N-dealkylation sites (tertiary alicyclic amines) is 1. The molecule has 0 aromatic carbocycles. The fourth-order valence-corrected chi connectivity index (χ4v) is 3.06. The van der Waals surface area contributed by atoms with E-state index in [1.165, 1.54) is 19.4 Å². The summed E-state index contributed by atoms with van der Waals surface area (Å²) in [5, 5.41) is 6.38. The first-order chi connectivity index (χ1) is 9.65. The summed E-state index contributed by atoms with van der Waals surface area (Å²) in [6.07, 6.45) is 3.13. The molecule has 5 nitrogen and oxygen atoms in total. The standard InChI is InChI=1S/C15H29N3O2.2ClH/c1-12-4-3-6-18(10-12)13(2)9-17-15(19)8-14-11-20-7-5-16-14;;/h12-14,16H,3-11H2,1-2H3,(H,17,19);2*1H. The van der Waals surface area contributed by atoms with Gasteiger partial charge in [-0.15, -0.1) is 24.8 Å². The average molecular weight is 356 g/mol. The summed E-state index contributed by atoms with van der Waals surface area (Å²) in [5.41, 5.74) is 0. The molecule has 132 valence electrons. The van der Waals surface area contributed by atoms with Crippen molar-refractivity contribution >= 4 is 30.7 Å². The second-order valence-corrected chi connectivity index (χ2v) is 6.33. The molecule has 2 rings (SSSR count). The predicted octanol–water partition coefficient (Wildman–Crippen LogP) is 1.45. The van der Waals surface area contributed by atoms with Crippen LogP contribution in [0.2, 0.25) is 0 Å². The number of morpholine rings is 1. The number of carbonyl (C=O) groups is 1. The lowest BCUT2D eigenvalue weighted by Gasteiger charge is -2.35. The van der Waals surface area contributed by atoms with Gasteiger partial charge in [-0.1, -0.05) is 6.92 Å². The third-order valence-corrected chi connectivity index (χ3v) is 4.34. The molecular weight excluding hydrogens is 325 g/mol. The molecule has 3 unspecified atom stereocenters. The number of ether oxygens (including phenoxy) is 1. The summed E-state index contributed by atoms with van der Waals surface area (Å²) < 4.78 is 5.36. The van der Waals surface area contributed by atoms with Crippen molar-refractivity contribution in [2.45, 2.75) is 45.2 Å². The second kappa shape index (κ2) is 11.5. The zero-order valence-electron chi connectivity index (χ0n) is 13.7. The fourth-order valence-electron chi connectivity index (χ4n) is 3.06. The zero-order valence-corrected chi connectivity index (χ0v) is 15.3. The van der Waals surface area contributed by atoms with Crippen LogP contribution in [-0.4, -0.2) is 62.3 Å². The molecule has 2 N–H and O–H groups in total. The molecule has 0 aliphatic carbocycles. The van der Waals surface area contributed by atoms with E-state index >= 15 is 0 Å². The van der Waals surface area contributed by atoms with Crippen LogP contribution in [0.25, 0.3) is 0 Å². The Kier molecular flexibility index (Phi) is 11.4. The summed E-state index contributed by atoms with van der Waals surface area (Å²) in [4.78, 5) is 14.4. The van der Waals surface area contributed by atoms with Crippen molar-refractivity contribution in [2.75, 3.05) is 39.4 Å². The van der Waals surface area contributed by atoms with E-state index in [0.29, 0.717) is 19.1 Å². The normalized spacial score (nSPS) is 27.2. The number of halogens is 2. The Bertz CT molecular complexity index is 315. The van der Waals surface area contributed by atoms with E-state index in [2.05, 4.69) is 29.4 Å². The third kappa shape index (κ3) is 7.47. The summed E-state index contributed by atoms with van der Waals surface area (Å²) in [6.45, 7) is 9.84. The van der Waals surface area contributed by atoms with Crippen LogP contribution in [0.5, 0.6) is 0 Å². The number of piperidine rings is 1. The lowest BCUT2D eigenvalue weighted by atomic mass is 9.99. The molecule has 0 saturated carbocycles. The minimum absolute atomic E-state index is 0. The van der Waals surface area contributed by atoms with Crippen LogP contribution in [0.3, 0.4) is 0 Å². The molecule has 2 fully saturated rings. The molecule has 0 aromatic heterocycles. The Labute approximate surface area is 146 Å². The van der Waals surface area contributed by atoms with Crippen LogP contribution in [-0.2, 0) is 9.53 Å². The van der Waals surface area contributed by atoms with Crippen molar-refractivity contribution < 1.29 is 9.53 Å². The maximum atomic E-state index is 11.9. The van der Waals surface area contributed by atoms with Gasteiger partial charge < -0.3 is 15.4 Å². The van der Waals surface area contributed by atoms with E-state index in [9.17, 15) is 4.79 Å². The Balaban J connectivity index is 0.00000220. The highest BCUT2D eigenvalue weighted by Gasteiger charge is 2.22. The fraction of sp³-hybridized carbons (Fsp3) is 0.933. The Morgan fingerprint density at radius 1 is 1.45 bits per heavy atom. The minimum atomic E-state index is 0. The highest BCUT2D eigenvalue weighted by atomic mass is 35.5. The number of nitrogens with zero attached hydrogens (tertiary/aromatic N) is 1. The van der Waals surface area contributed by atoms with Crippen LogP contribution in [0, 0.1) is 5.92 Å². The average Bonchev–Trinajstić information content (AvgIpc) is 2.46. The molecule has 1 amide bonds. The molecular formula is C15H31Cl2N3O2. The van der Waals surface area contributed by atoms with Gasteiger partial charge in [0, 0.05) is 38.1 Å². The number of hydrogen-bond donors (Lipinski definition) is 2. The van der Waals surface area contributed by atoms with Crippen molar-refractivity contribution in [3.8, 4) is 0 Å². The van der Waals surface area contributed by atoms with E-state index in [0.717, 1.165) is 32.2 Å². The Hall–Kier alpha value is -0.0700. The van der Waals surface area contributed by atoms with Crippen molar-refractivity contribution in [3.63, 3.8) is 0 Å². The minimum Gasteiger partial charge on any atom is -0.378 e. The molecule has 2 saturated heterocycles. The van der Waals surface area contributed by atoms with Gasteiger partial charge in [0.1, 0.15) is 0 Å². The van der Waals surface area contributed by atoms with Gasteiger partial charge in [-0.25, -0.2) is 0 Å². The number of nitrogens with one attached hydrogen (secondary N) is 2. The maximum absolute atomic E-state index is 11.9. The molecule has 0 spiro atoms. The topological polar surface area (TPSA) is 53.6 Å². The summed E-state index contributed by atoms with van der Waals surface area (Å²) in [6, 6.07) is 0.603. The Morgan fingerprint density at radius 3 is 2.86 bits per heavy atom. The number of hydrogen-bond acceptors (Lipinski definition) is 4. The third-order valence-electron chi connectivity index (χ3n) is 4.34. The number of rotatable bonds is 5. The quantitative estimate of drug-likeness (QED) is 0.783. The van der Waals surface area contributed by atoms with Crippen molar-refractivity contribution in [2.24, 2.45) is 5.92 Å². The largest absolute Gasteiger partial charge is 0.378 e. The van der Waals surface area contributed by atoms with Crippen LogP contribution in [0.1, 0.15) is 33.1 Å². The van der Waals surface area contributed by atoms with Crippen molar-refractivity contribution in [1.82, 2.24) is 15.5 Å². The van der Waals surface area contributed by atoms with Gasteiger partial charge in [0.25, 0.3) is 0 Å². The molecule has 22 heavy (non-hydrogen) atoms. The van der Waals surface area contributed by atoms with Gasteiger partial charge in [0.05, 0.1) is 13.2 Å². The molecule has 2 aliphatic rings. The predicted molar refractivity (Wildman–Crippen MR) is 94.2 cm³/mol. The smallest absolute Gasteiger partial charge is 0.221 e. The molecule has 2 heterocycles. The van der Waals surface area contributed by atoms with E-state index < -0.39 is 0 Å². The molecule has 7 heteroatoms. The summed E-state index contributed by atoms with van der Waals surface area (Å²) >= 11 is 0. The molecule has 3 atom stereocenters. The van der Waals surface area contributed by atoms with Gasteiger partial charge in [0.2, 0.25) is 5.91 Å². The first-order valence-corrected chi connectivity index (χ1v) is 7.97. The molecule has 2 aliphatic heterocycles. The summed E-state index contributed by atoms with van der Waals surface area (Å²) in [5.74, 6) is 0.912. The van der Waals surface area contributed by atoms with Crippen molar-refractivity contribution in [3.05, 3.63) is 0 Å². The summed E-state index contributed by atoms with van der Waals surface area (Å²) in [7, 11) is 0. The number of amides is 1. The zero-order chi connectivity index (χ0) is 14.4. The Morgan fingerprint density at radius 2 is 2.23 bits per heavy atom. The van der Waals surface area contributed by atoms with Gasteiger partial charge in [0.15, 0.2) is 0 Å². The van der Waals surface area contributed by atoms with E-state index in [-0.39, 0.29) is 36.8 Å². The van der Waals surface area contributed by atoms with Crippen LogP contribution in [0.15, 0.2) is 0 Å². The van der Waals surface area contributed by atoms with Gasteiger partial charge in [-0.05, 0) is 32.2 Å². The highest BCUT2D eigenvalue weighted by Crippen LogP contribution is 2.17. The van der Waals surface area contributed by atoms with E-state index in [1.54, 1.807) is 0 Å². The van der Waals surface area contributed by atoms with Gasteiger partial charge in [-0.2, -0.15) is 0 Å². The van der Waals surface area contributed by atoms with Crippen molar-refractivity contribution in [1.29, 1.82) is 0 Å². The second-order valence-electron chi connectivity index (χ2n) is 6.33. The molecule has 0 aromatic rings. The van der Waals surface area contributed by atoms with Gasteiger partial charge >= 0.3 is 0 Å². The number of carbonyl (C=O) groups excluding carboxylic acids is 1. The highest BCUT2D eigenvalue weighted by molar-refractivity contribution is 5.85. The first-order valence-electron chi connectivity index (χ1n) is 7.97. The SMILES string of the molecule is CC1CCCN(C(C)CNC(=O)CC2COCCN2)C1.Cl.Cl. The lowest BCUT2D eigenvalue weighted by molar-refractivity contribution is -0.122. The van der Waals surface area contributed by atoms with Crippen LogP contribution in [0.4, 0.5) is 0 Å². The molecule has 0 bridgehead atoms. The first kappa shape index (κ1) is 21.9. The molecule has 0 radical (unpaired) electrons. The van der Waals surface area contributed by atoms with Crippen LogP contribution >= 0.6 is 24.8 Å². The van der Waals surface area contributed by atoms with E-state index in [4.69, 9.17) is 4.74 Å². The lowest BCUT2D eigenvalue weighted by Crippen LogP contribution is -2.48.